The second kappa shape index (κ2) is 7.77. The Morgan fingerprint density at radius 1 is 1.31 bits per heavy atom. The first-order chi connectivity index (χ1) is 15.4. The highest BCUT2D eigenvalue weighted by Gasteiger charge is 2.33. The number of rotatable bonds is 6. The van der Waals surface area contributed by atoms with Crippen molar-refractivity contribution in [3.63, 3.8) is 0 Å². The fourth-order valence-electron chi connectivity index (χ4n) is 3.27. The third-order valence-corrected chi connectivity index (χ3v) is 5.26. The van der Waals surface area contributed by atoms with Gasteiger partial charge in [0, 0.05) is 22.7 Å². The molecule has 1 saturated carbocycles. The number of benzene rings is 1. The predicted octanol–water partition coefficient (Wildman–Crippen LogP) is 2.68. The maximum atomic E-state index is 14.2. The molecule has 2 fully saturated rings. The number of hydrogen-bond acceptors (Lipinski definition) is 7. The lowest BCUT2D eigenvalue weighted by atomic mass is 10.2. The Balaban J connectivity index is 1.57. The van der Waals surface area contributed by atoms with E-state index in [0.29, 0.717) is 38.8 Å². The van der Waals surface area contributed by atoms with Gasteiger partial charge in [-0.1, -0.05) is 11.6 Å². The van der Waals surface area contributed by atoms with Crippen LogP contribution in [0, 0.1) is 5.82 Å². The largest absolute Gasteiger partial charge is 0.376 e. The van der Waals surface area contributed by atoms with E-state index in [1.165, 1.54) is 30.5 Å². The van der Waals surface area contributed by atoms with Crippen molar-refractivity contribution in [2.45, 2.75) is 18.9 Å². The maximum Gasteiger partial charge on any atom is 0.330 e. The van der Waals surface area contributed by atoms with Crippen molar-refractivity contribution in [2.75, 3.05) is 17.4 Å². The Morgan fingerprint density at radius 2 is 2.12 bits per heavy atom. The average Bonchev–Trinajstić information content (AvgIpc) is 3.42. The predicted molar refractivity (Wildman–Crippen MR) is 115 cm³/mol. The van der Waals surface area contributed by atoms with Gasteiger partial charge < -0.3 is 21.1 Å². The molecule has 10 nitrogen and oxygen atoms in total. The fourth-order valence-corrected chi connectivity index (χ4v) is 3.44. The Bertz CT molecular complexity index is 1290. The normalized spacial score (nSPS) is 17.3. The summed E-state index contributed by atoms with van der Waals surface area (Å²) in [5, 5.41) is 22.6. The summed E-state index contributed by atoms with van der Waals surface area (Å²) in [7, 11) is 0. The molecule has 164 valence electrons. The summed E-state index contributed by atoms with van der Waals surface area (Å²) in [6, 6.07) is 5.43. The minimum atomic E-state index is -0.732. The summed E-state index contributed by atoms with van der Waals surface area (Å²) in [6.07, 6.45) is 4.96. The molecule has 3 heterocycles. The smallest absolute Gasteiger partial charge is 0.330 e. The molecule has 32 heavy (non-hydrogen) atoms. The first-order valence-corrected chi connectivity index (χ1v) is 10.1. The number of nitrogens with zero attached hydrogens (tertiary/aromatic N) is 4. The van der Waals surface area contributed by atoms with Crippen molar-refractivity contribution in [2.24, 2.45) is 0 Å². The van der Waals surface area contributed by atoms with E-state index in [1.807, 2.05) is 0 Å². The van der Waals surface area contributed by atoms with Gasteiger partial charge in [-0.05, 0) is 37.1 Å². The Kier molecular flexibility index (Phi) is 4.91. The molecule has 12 heteroatoms. The molecule has 1 aliphatic carbocycles. The zero-order valence-corrected chi connectivity index (χ0v) is 17.2. The van der Waals surface area contributed by atoms with Crippen LogP contribution in [-0.4, -0.2) is 49.3 Å². The van der Waals surface area contributed by atoms with Crippen LogP contribution in [0.15, 0.2) is 36.2 Å². The van der Waals surface area contributed by atoms with Crippen molar-refractivity contribution < 1.29 is 19.1 Å². The van der Waals surface area contributed by atoms with E-state index >= 15 is 0 Å². The minimum Gasteiger partial charge on any atom is -0.376 e. The summed E-state index contributed by atoms with van der Waals surface area (Å²) < 4.78 is 15.8. The number of aliphatic hydroxyl groups is 1. The second-order valence-electron chi connectivity index (χ2n) is 7.39. The number of imide groups is 1. The second-order valence-corrected chi connectivity index (χ2v) is 7.83. The van der Waals surface area contributed by atoms with Gasteiger partial charge in [-0.15, -0.1) is 0 Å². The highest BCUT2D eigenvalue weighted by Crippen LogP contribution is 2.29. The average molecular weight is 458 g/mol. The van der Waals surface area contributed by atoms with Gasteiger partial charge in [-0.2, -0.15) is 9.61 Å². The number of carbonyl (C=O) groups is 2. The molecule has 3 amide bonds. The molecular weight excluding hydrogens is 441 g/mol. The number of nitrogens with one attached hydrogen (secondary N) is 3. The van der Waals surface area contributed by atoms with Gasteiger partial charge in [0.2, 0.25) is 0 Å². The van der Waals surface area contributed by atoms with Crippen LogP contribution in [0.25, 0.3) is 11.7 Å². The molecule has 0 radical (unpaired) electrons. The lowest BCUT2D eigenvalue weighted by molar-refractivity contribution is -0.125. The molecule has 5 rings (SSSR count). The van der Waals surface area contributed by atoms with Gasteiger partial charge in [0.05, 0.1) is 11.9 Å². The molecule has 1 saturated heterocycles. The summed E-state index contributed by atoms with van der Waals surface area (Å²) in [4.78, 5) is 29.3. The Labute approximate surface area is 185 Å². The molecule has 1 aliphatic heterocycles. The highest BCUT2D eigenvalue weighted by molar-refractivity contribution is 6.30. The first-order valence-electron chi connectivity index (χ1n) is 9.76. The standard InChI is InChI=1S/C20H17ClFN7O3/c21-11-1-4-13(22)14(6-11)25-16-7-17(24-12-2-3-12)29-18(27-16)10(8-23-29)5-15-19(31)28(9-30)20(32)26-15/h1,4-8,12,24,30H,2-3,9H2,(H,25,27)(H,26,32)/b15-5-. The third kappa shape index (κ3) is 3.72. The topological polar surface area (TPSA) is 124 Å². The van der Waals surface area contributed by atoms with Crippen LogP contribution in [0.5, 0.6) is 0 Å². The quantitative estimate of drug-likeness (QED) is 0.331. The number of amides is 3. The van der Waals surface area contributed by atoms with Crippen LogP contribution in [0.3, 0.4) is 0 Å². The molecular formula is C20H17ClFN7O3. The van der Waals surface area contributed by atoms with Crippen LogP contribution < -0.4 is 16.0 Å². The minimum absolute atomic E-state index is 0.0169. The summed E-state index contributed by atoms with van der Waals surface area (Å²) in [5.74, 6) is -0.193. The SMILES string of the molecule is O=C1N/C(=C\c2cnn3c(NC4CC4)cc(Nc4cc(Cl)ccc4F)nc23)C(=O)N1CO. The van der Waals surface area contributed by atoms with Crippen LogP contribution in [0.2, 0.25) is 5.02 Å². The van der Waals surface area contributed by atoms with Crippen LogP contribution >= 0.6 is 11.6 Å². The fraction of sp³-hybridized carbons (Fsp3) is 0.200. The van der Waals surface area contributed by atoms with Gasteiger partial charge in [0.25, 0.3) is 5.91 Å². The van der Waals surface area contributed by atoms with E-state index < -0.39 is 24.5 Å². The van der Waals surface area contributed by atoms with Crippen molar-refractivity contribution in [3.8, 4) is 0 Å². The first kappa shape index (κ1) is 20.2. The number of urea groups is 1. The van der Waals surface area contributed by atoms with Crippen LogP contribution in [0.4, 0.5) is 26.5 Å². The molecule has 0 atom stereocenters. The van der Waals surface area contributed by atoms with E-state index in [0.717, 1.165) is 12.8 Å². The van der Waals surface area contributed by atoms with Crippen molar-refractivity contribution >= 4 is 52.6 Å². The number of fused-ring (bicyclic) bond motifs is 1. The van der Waals surface area contributed by atoms with E-state index in [1.54, 1.807) is 10.6 Å². The monoisotopic (exact) mass is 457 g/mol. The van der Waals surface area contributed by atoms with Crippen LogP contribution in [-0.2, 0) is 4.79 Å². The highest BCUT2D eigenvalue weighted by atomic mass is 35.5. The summed E-state index contributed by atoms with van der Waals surface area (Å²) in [6.45, 7) is -0.732. The molecule has 4 N–H and O–H groups in total. The van der Waals surface area contributed by atoms with Gasteiger partial charge in [-0.3, -0.25) is 4.79 Å². The van der Waals surface area contributed by atoms with E-state index in [4.69, 9.17) is 11.6 Å². The number of aromatic nitrogens is 3. The molecule has 1 aromatic carbocycles. The molecule has 0 spiro atoms. The van der Waals surface area contributed by atoms with Gasteiger partial charge in [0.15, 0.2) is 5.65 Å². The zero-order chi connectivity index (χ0) is 22.4. The van der Waals surface area contributed by atoms with Crippen LogP contribution in [0.1, 0.15) is 18.4 Å². The van der Waals surface area contributed by atoms with Gasteiger partial charge in [-0.25, -0.2) is 19.1 Å². The number of anilines is 3. The number of aliphatic hydroxyl groups excluding tert-OH is 1. The molecule has 3 aromatic rings. The molecule has 2 aromatic heterocycles. The Morgan fingerprint density at radius 3 is 2.84 bits per heavy atom. The lowest BCUT2D eigenvalue weighted by Crippen LogP contribution is -2.31. The molecule has 0 unspecified atom stereocenters. The number of carbonyl (C=O) groups excluding carboxylic acids is 2. The Hall–Kier alpha value is -3.70. The van der Waals surface area contributed by atoms with Crippen molar-refractivity contribution in [1.82, 2.24) is 24.8 Å². The van der Waals surface area contributed by atoms with E-state index in [9.17, 15) is 19.1 Å². The van der Waals surface area contributed by atoms with Crippen molar-refractivity contribution in [3.05, 3.63) is 52.6 Å². The zero-order valence-electron chi connectivity index (χ0n) is 16.5. The van der Waals surface area contributed by atoms with E-state index in [2.05, 4.69) is 26.0 Å². The van der Waals surface area contributed by atoms with E-state index in [-0.39, 0.29) is 11.4 Å². The number of hydrogen-bond donors (Lipinski definition) is 4. The third-order valence-electron chi connectivity index (χ3n) is 5.02. The maximum absolute atomic E-state index is 14.2. The lowest BCUT2D eigenvalue weighted by Gasteiger charge is -2.12. The molecule has 0 bridgehead atoms. The van der Waals surface area contributed by atoms with Gasteiger partial charge in [0.1, 0.15) is 29.9 Å². The van der Waals surface area contributed by atoms with Crippen molar-refractivity contribution in [1.29, 1.82) is 0 Å². The van der Waals surface area contributed by atoms with Gasteiger partial charge >= 0.3 is 6.03 Å². The molecule has 2 aliphatic rings. The number of halogens is 2. The summed E-state index contributed by atoms with van der Waals surface area (Å²) in [5.41, 5.74) is 0.958. The summed E-state index contributed by atoms with van der Waals surface area (Å²) >= 11 is 5.99.